The molecule has 1 aliphatic heterocycles. The summed E-state index contributed by atoms with van der Waals surface area (Å²) >= 11 is 3.45. The van der Waals surface area contributed by atoms with Gasteiger partial charge < -0.3 is 0 Å². The largest absolute Gasteiger partial charge is 0.267 e. The lowest BCUT2D eigenvalue weighted by molar-refractivity contribution is 0.435. The van der Waals surface area contributed by atoms with Gasteiger partial charge in [0.15, 0.2) is 0 Å². The first-order chi connectivity index (χ1) is 9.09. The van der Waals surface area contributed by atoms with Gasteiger partial charge in [-0.2, -0.15) is 0 Å². The topological polar surface area (TPSA) is 49.7 Å². The van der Waals surface area contributed by atoms with Crippen molar-refractivity contribution in [3.63, 3.8) is 0 Å². The van der Waals surface area contributed by atoms with E-state index in [2.05, 4.69) is 27.8 Å². The van der Waals surface area contributed by atoms with E-state index in [9.17, 15) is 8.42 Å². The SMILES string of the molecule is CCCC(CBr)CN1C=Nc2ccccc2S1(=O)=O. The zero-order valence-electron chi connectivity index (χ0n) is 10.8. The third-order valence-corrected chi connectivity index (χ3v) is 5.81. The van der Waals surface area contributed by atoms with Crippen molar-refractivity contribution in [1.82, 2.24) is 4.31 Å². The molecule has 4 nitrogen and oxygen atoms in total. The number of halogens is 1. The number of nitrogens with zero attached hydrogens (tertiary/aromatic N) is 2. The molecule has 0 amide bonds. The van der Waals surface area contributed by atoms with Gasteiger partial charge in [0, 0.05) is 11.9 Å². The summed E-state index contributed by atoms with van der Waals surface area (Å²) in [5, 5.41) is 0.794. The van der Waals surface area contributed by atoms with Crippen LogP contribution in [0.5, 0.6) is 0 Å². The molecule has 1 aromatic rings. The summed E-state index contributed by atoms with van der Waals surface area (Å²) in [6.45, 7) is 2.57. The third-order valence-electron chi connectivity index (χ3n) is 3.13. The second-order valence-electron chi connectivity index (χ2n) is 4.60. The first kappa shape index (κ1) is 14.5. The highest BCUT2D eigenvalue weighted by Crippen LogP contribution is 2.30. The second-order valence-corrected chi connectivity index (χ2v) is 7.10. The van der Waals surface area contributed by atoms with Gasteiger partial charge in [0.05, 0.1) is 5.69 Å². The molecule has 2 rings (SSSR count). The van der Waals surface area contributed by atoms with Crippen molar-refractivity contribution in [2.75, 3.05) is 11.9 Å². The van der Waals surface area contributed by atoms with Crippen LogP contribution in [0.15, 0.2) is 34.2 Å². The minimum atomic E-state index is -3.44. The number of alkyl halides is 1. The number of hydrogen-bond donors (Lipinski definition) is 0. The number of hydrogen-bond acceptors (Lipinski definition) is 3. The predicted octanol–water partition coefficient (Wildman–Crippen LogP) is 3.16. The highest BCUT2D eigenvalue weighted by atomic mass is 79.9. The molecule has 1 heterocycles. The normalized spacial score (nSPS) is 18.1. The van der Waals surface area contributed by atoms with Crippen molar-refractivity contribution >= 4 is 38.0 Å². The fraction of sp³-hybridized carbons (Fsp3) is 0.462. The van der Waals surface area contributed by atoms with E-state index in [0.29, 0.717) is 23.0 Å². The van der Waals surface area contributed by atoms with Crippen LogP contribution in [-0.2, 0) is 10.0 Å². The highest BCUT2D eigenvalue weighted by Gasteiger charge is 2.29. The summed E-state index contributed by atoms with van der Waals surface area (Å²) in [5.74, 6) is 0.302. The van der Waals surface area contributed by atoms with Crippen LogP contribution in [0.2, 0.25) is 0 Å². The maximum atomic E-state index is 12.5. The van der Waals surface area contributed by atoms with E-state index in [1.807, 2.05) is 0 Å². The van der Waals surface area contributed by atoms with E-state index in [4.69, 9.17) is 0 Å². The number of aliphatic imine (C=N–C) groups is 1. The number of fused-ring (bicyclic) bond motifs is 1. The Morgan fingerprint density at radius 2 is 2.11 bits per heavy atom. The van der Waals surface area contributed by atoms with Crippen molar-refractivity contribution in [2.45, 2.75) is 24.7 Å². The first-order valence-electron chi connectivity index (χ1n) is 6.30. The lowest BCUT2D eigenvalue weighted by Gasteiger charge is -2.27. The van der Waals surface area contributed by atoms with Crippen LogP contribution in [-0.4, -0.2) is 30.9 Å². The molecule has 0 saturated carbocycles. The second kappa shape index (κ2) is 6.05. The minimum absolute atomic E-state index is 0.294. The summed E-state index contributed by atoms with van der Waals surface area (Å²) in [6.07, 6.45) is 3.47. The summed E-state index contributed by atoms with van der Waals surface area (Å²) in [6, 6.07) is 6.84. The Balaban J connectivity index is 2.26. The number of benzene rings is 1. The minimum Gasteiger partial charge on any atom is -0.256 e. The fourth-order valence-corrected chi connectivity index (χ4v) is 4.12. The Kier molecular flexibility index (Phi) is 4.62. The maximum absolute atomic E-state index is 12.5. The molecule has 1 atom stereocenters. The fourth-order valence-electron chi connectivity index (χ4n) is 2.12. The van der Waals surface area contributed by atoms with Gasteiger partial charge >= 0.3 is 0 Å². The van der Waals surface area contributed by atoms with E-state index in [-0.39, 0.29) is 0 Å². The van der Waals surface area contributed by atoms with Crippen LogP contribution in [0.3, 0.4) is 0 Å². The van der Waals surface area contributed by atoms with Crippen molar-refractivity contribution < 1.29 is 8.42 Å². The van der Waals surface area contributed by atoms with Gasteiger partial charge in [-0.05, 0) is 24.5 Å². The molecule has 0 aliphatic carbocycles. The molecule has 0 fully saturated rings. The molecule has 0 N–H and O–H groups in total. The van der Waals surface area contributed by atoms with E-state index in [1.165, 1.54) is 10.6 Å². The first-order valence-corrected chi connectivity index (χ1v) is 8.86. The van der Waals surface area contributed by atoms with Gasteiger partial charge in [0.1, 0.15) is 11.2 Å². The quantitative estimate of drug-likeness (QED) is 0.770. The van der Waals surface area contributed by atoms with Gasteiger partial charge in [-0.1, -0.05) is 41.4 Å². The Labute approximate surface area is 122 Å². The number of sulfonamides is 1. The smallest absolute Gasteiger partial charge is 0.256 e. The van der Waals surface area contributed by atoms with Crippen LogP contribution in [0.4, 0.5) is 5.69 Å². The standard InChI is InChI=1S/C13H17BrN2O2S/c1-2-5-11(8-14)9-16-10-15-12-6-3-4-7-13(12)19(16,17)18/h3-4,6-7,10-11H,2,5,8-9H2,1H3. The monoisotopic (exact) mass is 344 g/mol. The predicted molar refractivity (Wildman–Crippen MR) is 80.7 cm³/mol. The lowest BCUT2D eigenvalue weighted by atomic mass is 10.1. The van der Waals surface area contributed by atoms with E-state index in [1.54, 1.807) is 24.3 Å². The van der Waals surface area contributed by atoms with Gasteiger partial charge in [-0.15, -0.1) is 0 Å². The summed E-state index contributed by atoms with van der Waals surface area (Å²) in [5.41, 5.74) is 0.518. The van der Waals surface area contributed by atoms with Gasteiger partial charge in [0.25, 0.3) is 10.0 Å². The van der Waals surface area contributed by atoms with Crippen molar-refractivity contribution in [1.29, 1.82) is 0 Å². The average Bonchev–Trinajstić information content (AvgIpc) is 2.41. The molecule has 1 aliphatic rings. The Hall–Kier alpha value is -0.880. The van der Waals surface area contributed by atoms with E-state index in [0.717, 1.165) is 18.2 Å². The highest BCUT2D eigenvalue weighted by molar-refractivity contribution is 9.09. The molecule has 0 aromatic heterocycles. The molecule has 6 heteroatoms. The van der Waals surface area contributed by atoms with Crippen LogP contribution in [0.1, 0.15) is 19.8 Å². The van der Waals surface area contributed by atoms with Crippen LogP contribution in [0, 0.1) is 5.92 Å². The molecular weight excluding hydrogens is 328 g/mol. The molecule has 0 bridgehead atoms. The maximum Gasteiger partial charge on any atom is 0.267 e. The van der Waals surface area contributed by atoms with Crippen LogP contribution in [0.25, 0.3) is 0 Å². The van der Waals surface area contributed by atoms with Gasteiger partial charge in [-0.3, -0.25) is 4.31 Å². The van der Waals surface area contributed by atoms with Crippen LogP contribution < -0.4 is 0 Å². The number of para-hydroxylation sites is 1. The Morgan fingerprint density at radius 1 is 1.37 bits per heavy atom. The van der Waals surface area contributed by atoms with E-state index < -0.39 is 10.0 Å². The molecule has 0 saturated heterocycles. The summed E-state index contributed by atoms with van der Waals surface area (Å²) in [7, 11) is -3.44. The molecule has 0 spiro atoms. The van der Waals surface area contributed by atoms with Crippen molar-refractivity contribution in [3.05, 3.63) is 24.3 Å². The van der Waals surface area contributed by atoms with Crippen molar-refractivity contribution in [3.8, 4) is 0 Å². The zero-order chi connectivity index (χ0) is 13.9. The molecule has 0 radical (unpaired) electrons. The summed E-state index contributed by atoms with van der Waals surface area (Å²) < 4.78 is 26.3. The third kappa shape index (κ3) is 3.00. The molecule has 104 valence electrons. The molecule has 19 heavy (non-hydrogen) atoms. The average molecular weight is 345 g/mol. The zero-order valence-corrected chi connectivity index (χ0v) is 13.2. The lowest BCUT2D eigenvalue weighted by Crippen LogP contribution is -2.36. The van der Waals surface area contributed by atoms with E-state index >= 15 is 0 Å². The number of rotatable bonds is 5. The Bertz CT molecular complexity index is 572. The molecule has 1 unspecified atom stereocenters. The van der Waals surface area contributed by atoms with Crippen molar-refractivity contribution in [2.24, 2.45) is 10.9 Å². The summed E-state index contributed by atoms with van der Waals surface area (Å²) in [4.78, 5) is 4.52. The van der Waals surface area contributed by atoms with Gasteiger partial charge in [0.2, 0.25) is 0 Å². The Morgan fingerprint density at radius 3 is 2.79 bits per heavy atom. The molecular formula is C13H17BrN2O2S. The van der Waals surface area contributed by atoms with Crippen LogP contribution >= 0.6 is 15.9 Å². The molecule has 1 aromatic carbocycles. The van der Waals surface area contributed by atoms with Gasteiger partial charge in [-0.25, -0.2) is 13.4 Å².